The van der Waals surface area contributed by atoms with Crippen LogP contribution < -0.4 is 5.32 Å². The summed E-state index contributed by atoms with van der Waals surface area (Å²) in [6.45, 7) is 2.93. The maximum atomic E-state index is 12.0. The van der Waals surface area contributed by atoms with E-state index in [9.17, 15) is 8.78 Å². The normalized spacial score (nSPS) is 35.2. The first kappa shape index (κ1) is 9.90. The van der Waals surface area contributed by atoms with Gasteiger partial charge in [-0.15, -0.1) is 0 Å². The Labute approximate surface area is 72.5 Å². The minimum atomic E-state index is -2.13. The van der Waals surface area contributed by atoms with Crippen LogP contribution in [0.3, 0.4) is 0 Å². The fraction of sp³-hybridized carbons (Fsp3) is 1.00. The molecule has 12 heavy (non-hydrogen) atoms. The Morgan fingerprint density at radius 1 is 1.50 bits per heavy atom. The Bertz CT molecular complexity index is 141. The molecule has 0 spiro atoms. The van der Waals surface area contributed by atoms with Gasteiger partial charge in [-0.1, -0.05) is 6.92 Å². The van der Waals surface area contributed by atoms with Gasteiger partial charge in [0.15, 0.2) is 0 Å². The van der Waals surface area contributed by atoms with Crippen molar-refractivity contribution in [2.45, 2.75) is 32.6 Å². The van der Waals surface area contributed by atoms with Crippen LogP contribution in [0.5, 0.6) is 0 Å². The minimum Gasteiger partial charge on any atom is -0.319 e. The predicted octanol–water partition coefficient (Wildman–Crippen LogP) is 2.28. The second kappa shape index (κ2) is 3.69. The first-order valence-corrected chi connectivity index (χ1v) is 4.48. The standard InChI is InChI=1S/C9H17F2N/c1-9(5-8(10)11)3-7(4-9)6-12-2/h7-8,12H,3-6H2,1-2H3. The molecular weight excluding hydrogens is 160 g/mol. The summed E-state index contributed by atoms with van der Waals surface area (Å²) in [7, 11) is 1.91. The topological polar surface area (TPSA) is 12.0 Å². The van der Waals surface area contributed by atoms with Crippen LogP contribution in [0.15, 0.2) is 0 Å². The zero-order valence-electron chi connectivity index (χ0n) is 7.74. The molecule has 1 aliphatic carbocycles. The van der Waals surface area contributed by atoms with E-state index in [0.29, 0.717) is 5.92 Å². The van der Waals surface area contributed by atoms with Gasteiger partial charge in [-0.3, -0.25) is 0 Å². The largest absolute Gasteiger partial charge is 0.319 e. The van der Waals surface area contributed by atoms with Crippen molar-refractivity contribution in [1.82, 2.24) is 5.32 Å². The molecule has 0 aromatic carbocycles. The fourth-order valence-corrected chi connectivity index (χ4v) is 2.31. The van der Waals surface area contributed by atoms with Crippen molar-refractivity contribution in [1.29, 1.82) is 0 Å². The van der Waals surface area contributed by atoms with Crippen LogP contribution in [0.25, 0.3) is 0 Å². The Morgan fingerprint density at radius 3 is 2.50 bits per heavy atom. The summed E-state index contributed by atoms with van der Waals surface area (Å²) in [5.41, 5.74) is -0.0737. The van der Waals surface area contributed by atoms with E-state index in [1.807, 2.05) is 14.0 Å². The van der Waals surface area contributed by atoms with Crippen molar-refractivity contribution < 1.29 is 8.78 Å². The highest BCUT2D eigenvalue weighted by Crippen LogP contribution is 2.48. The zero-order valence-corrected chi connectivity index (χ0v) is 7.74. The molecule has 0 atom stereocenters. The smallest absolute Gasteiger partial charge is 0.239 e. The first-order chi connectivity index (χ1) is 5.56. The molecule has 72 valence electrons. The monoisotopic (exact) mass is 177 g/mol. The summed E-state index contributed by atoms with van der Waals surface area (Å²) in [5, 5.41) is 3.07. The predicted molar refractivity (Wildman–Crippen MR) is 45.4 cm³/mol. The van der Waals surface area contributed by atoms with Gasteiger partial charge in [-0.05, 0) is 37.8 Å². The summed E-state index contributed by atoms with van der Waals surface area (Å²) < 4.78 is 24.1. The van der Waals surface area contributed by atoms with Crippen LogP contribution >= 0.6 is 0 Å². The van der Waals surface area contributed by atoms with Crippen molar-refractivity contribution in [3.63, 3.8) is 0 Å². The van der Waals surface area contributed by atoms with Gasteiger partial charge < -0.3 is 5.32 Å². The van der Waals surface area contributed by atoms with Gasteiger partial charge in [-0.2, -0.15) is 0 Å². The van der Waals surface area contributed by atoms with E-state index in [0.717, 1.165) is 19.4 Å². The summed E-state index contributed by atoms with van der Waals surface area (Å²) in [6.07, 6.45) is -0.144. The molecule has 0 saturated heterocycles. The second-order valence-electron chi connectivity index (χ2n) is 4.24. The number of hydrogen-bond donors (Lipinski definition) is 1. The SMILES string of the molecule is CNCC1CC(C)(CC(F)F)C1. The number of alkyl halides is 2. The van der Waals surface area contributed by atoms with Crippen molar-refractivity contribution in [2.75, 3.05) is 13.6 Å². The number of halogens is 2. The van der Waals surface area contributed by atoms with E-state index in [1.165, 1.54) is 0 Å². The molecule has 1 fully saturated rings. The maximum absolute atomic E-state index is 12.0. The van der Waals surface area contributed by atoms with Gasteiger partial charge in [0.1, 0.15) is 0 Å². The molecule has 0 heterocycles. The van der Waals surface area contributed by atoms with Crippen LogP contribution in [0.2, 0.25) is 0 Å². The van der Waals surface area contributed by atoms with Crippen molar-refractivity contribution in [2.24, 2.45) is 11.3 Å². The Morgan fingerprint density at radius 2 is 2.08 bits per heavy atom. The van der Waals surface area contributed by atoms with Crippen LogP contribution in [0.1, 0.15) is 26.2 Å². The molecule has 0 unspecified atom stereocenters. The van der Waals surface area contributed by atoms with E-state index >= 15 is 0 Å². The molecular formula is C9H17F2N. The van der Waals surface area contributed by atoms with E-state index in [1.54, 1.807) is 0 Å². The van der Waals surface area contributed by atoms with Crippen LogP contribution in [-0.2, 0) is 0 Å². The molecule has 1 nitrogen and oxygen atoms in total. The lowest BCUT2D eigenvalue weighted by molar-refractivity contribution is -0.000309. The number of rotatable bonds is 4. The van der Waals surface area contributed by atoms with Gasteiger partial charge in [-0.25, -0.2) is 8.78 Å². The lowest BCUT2D eigenvalue weighted by atomic mass is 9.61. The third kappa shape index (κ3) is 2.41. The average Bonchev–Trinajstić information content (AvgIpc) is 1.82. The molecule has 0 aromatic rings. The summed E-state index contributed by atoms with van der Waals surface area (Å²) in [5.74, 6) is 0.624. The third-order valence-electron chi connectivity index (χ3n) is 2.70. The summed E-state index contributed by atoms with van der Waals surface area (Å²) in [4.78, 5) is 0. The van der Waals surface area contributed by atoms with Gasteiger partial charge in [0.05, 0.1) is 0 Å². The molecule has 1 aliphatic rings. The van der Waals surface area contributed by atoms with E-state index in [-0.39, 0.29) is 11.8 Å². The second-order valence-corrected chi connectivity index (χ2v) is 4.24. The Kier molecular flexibility index (Phi) is 3.04. The van der Waals surface area contributed by atoms with Crippen LogP contribution in [0.4, 0.5) is 8.78 Å². The summed E-state index contributed by atoms with van der Waals surface area (Å²) in [6, 6.07) is 0. The van der Waals surface area contributed by atoms with Crippen molar-refractivity contribution in [3.05, 3.63) is 0 Å². The van der Waals surface area contributed by atoms with E-state index < -0.39 is 6.43 Å². The van der Waals surface area contributed by atoms with Crippen molar-refractivity contribution in [3.8, 4) is 0 Å². The van der Waals surface area contributed by atoms with Gasteiger partial charge in [0.2, 0.25) is 6.43 Å². The average molecular weight is 177 g/mol. The summed E-state index contributed by atoms with van der Waals surface area (Å²) >= 11 is 0. The zero-order chi connectivity index (χ0) is 9.19. The molecule has 1 saturated carbocycles. The van der Waals surface area contributed by atoms with E-state index in [2.05, 4.69) is 5.32 Å². The van der Waals surface area contributed by atoms with Gasteiger partial charge in [0.25, 0.3) is 0 Å². The Hall–Kier alpha value is -0.180. The van der Waals surface area contributed by atoms with Gasteiger partial charge in [0, 0.05) is 6.42 Å². The highest BCUT2D eigenvalue weighted by molar-refractivity contribution is 4.91. The van der Waals surface area contributed by atoms with Crippen molar-refractivity contribution >= 4 is 0 Å². The highest BCUT2D eigenvalue weighted by Gasteiger charge is 2.41. The molecule has 0 aromatic heterocycles. The lowest BCUT2D eigenvalue weighted by Gasteiger charge is -2.45. The molecule has 0 radical (unpaired) electrons. The number of hydrogen-bond acceptors (Lipinski definition) is 1. The molecule has 1 rings (SSSR count). The molecule has 0 bridgehead atoms. The first-order valence-electron chi connectivity index (χ1n) is 4.48. The molecule has 3 heteroatoms. The molecule has 0 amide bonds. The maximum Gasteiger partial charge on any atom is 0.239 e. The third-order valence-corrected chi connectivity index (χ3v) is 2.70. The van der Waals surface area contributed by atoms with Crippen LogP contribution in [0, 0.1) is 11.3 Å². The van der Waals surface area contributed by atoms with Gasteiger partial charge >= 0.3 is 0 Å². The molecule has 0 aliphatic heterocycles. The highest BCUT2D eigenvalue weighted by atomic mass is 19.3. The minimum absolute atomic E-state index is 0.0737. The van der Waals surface area contributed by atoms with E-state index in [4.69, 9.17) is 0 Å². The lowest BCUT2D eigenvalue weighted by Crippen LogP contribution is -2.40. The number of nitrogens with one attached hydrogen (secondary N) is 1. The quantitative estimate of drug-likeness (QED) is 0.694. The Balaban J connectivity index is 2.20. The van der Waals surface area contributed by atoms with Crippen LogP contribution in [-0.4, -0.2) is 20.0 Å². The fourth-order valence-electron chi connectivity index (χ4n) is 2.31. The molecule has 1 N–H and O–H groups in total.